The summed E-state index contributed by atoms with van der Waals surface area (Å²) >= 11 is 0. The minimum absolute atomic E-state index is 0.0368. The van der Waals surface area contributed by atoms with Crippen molar-refractivity contribution in [3.8, 4) is 0 Å². The van der Waals surface area contributed by atoms with Crippen molar-refractivity contribution in [3.05, 3.63) is 48.5 Å². The summed E-state index contributed by atoms with van der Waals surface area (Å²) in [5.74, 6) is 0.0321. The molecule has 0 aliphatic rings. The Morgan fingerprint density at radius 3 is 2.00 bits per heavy atom. The SMILES string of the molecule is CC(=O)CC(=O)CCCCCn1c2ccccc2c2ccccc21. The summed E-state index contributed by atoms with van der Waals surface area (Å²) in [4.78, 5) is 22.5. The minimum atomic E-state index is -0.0368. The summed E-state index contributed by atoms with van der Waals surface area (Å²) < 4.78 is 2.38. The average molecular weight is 321 g/mol. The maximum Gasteiger partial charge on any atom is 0.140 e. The summed E-state index contributed by atoms with van der Waals surface area (Å²) in [7, 11) is 0. The molecule has 0 aliphatic carbocycles. The topological polar surface area (TPSA) is 39.1 Å². The number of Topliss-reactive ketones (excluding diaryl/α,β-unsaturated/α-hetero) is 2. The Hall–Kier alpha value is -2.42. The molecule has 0 unspecified atom stereocenters. The fourth-order valence-corrected chi connectivity index (χ4v) is 3.38. The number of unbranched alkanes of at least 4 members (excludes halogenated alkanes) is 2. The summed E-state index contributed by atoms with van der Waals surface area (Å²) in [5.41, 5.74) is 2.54. The normalized spacial score (nSPS) is 11.2. The molecule has 0 aliphatic heterocycles. The summed E-state index contributed by atoms with van der Waals surface area (Å²) in [6.07, 6.45) is 3.52. The molecule has 124 valence electrons. The summed E-state index contributed by atoms with van der Waals surface area (Å²) in [5, 5.41) is 2.59. The Balaban J connectivity index is 1.65. The van der Waals surface area contributed by atoms with Crippen LogP contribution in [0.5, 0.6) is 0 Å². The highest BCUT2D eigenvalue weighted by Crippen LogP contribution is 2.29. The van der Waals surface area contributed by atoms with Gasteiger partial charge in [-0.1, -0.05) is 42.8 Å². The molecule has 0 atom stereocenters. The van der Waals surface area contributed by atoms with Gasteiger partial charge < -0.3 is 4.57 Å². The van der Waals surface area contributed by atoms with Crippen LogP contribution < -0.4 is 0 Å². The number of ketones is 2. The first kappa shape index (κ1) is 16.4. The molecule has 0 fully saturated rings. The van der Waals surface area contributed by atoms with Gasteiger partial charge in [0.05, 0.1) is 6.42 Å². The highest BCUT2D eigenvalue weighted by Gasteiger charge is 2.09. The third-order valence-electron chi connectivity index (χ3n) is 4.46. The summed E-state index contributed by atoms with van der Waals surface area (Å²) in [6.45, 7) is 2.43. The van der Waals surface area contributed by atoms with Gasteiger partial charge in [0, 0.05) is 34.8 Å². The molecule has 0 N–H and O–H groups in total. The van der Waals surface area contributed by atoms with E-state index in [4.69, 9.17) is 0 Å². The zero-order chi connectivity index (χ0) is 16.9. The maximum atomic E-state index is 11.6. The molecule has 0 radical (unpaired) electrons. The molecule has 3 nitrogen and oxygen atoms in total. The summed E-state index contributed by atoms with van der Waals surface area (Å²) in [6, 6.07) is 17.0. The van der Waals surface area contributed by atoms with Crippen LogP contribution in [0.15, 0.2) is 48.5 Å². The predicted octanol–water partition coefficient (Wildman–Crippen LogP) is 4.90. The van der Waals surface area contributed by atoms with Gasteiger partial charge in [0.1, 0.15) is 11.6 Å². The molecule has 24 heavy (non-hydrogen) atoms. The number of benzene rings is 2. The van der Waals surface area contributed by atoms with Crippen LogP contribution in [0.3, 0.4) is 0 Å². The van der Waals surface area contributed by atoms with Crippen molar-refractivity contribution in [1.29, 1.82) is 0 Å². The highest BCUT2D eigenvalue weighted by molar-refractivity contribution is 6.07. The van der Waals surface area contributed by atoms with E-state index < -0.39 is 0 Å². The van der Waals surface area contributed by atoms with Crippen LogP contribution in [0.4, 0.5) is 0 Å². The maximum absolute atomic E-state index is 11.6. The van der Waals surface area contributed by atoms with Crippen LogP contribution in [0.2, 0.25) is 0 Å². The van der Waals surface area contributed by atoms with Crippen LogP contribution in [0.25, 0.3) is 21.8 Å². The minimum Gasteiger partial charge on any atom is -0.340 e. The van der Waals surface area contributed by atoms with E-state index in [0.717, 1.165) is 25.8 Å². The molecule has 3 rings (SSSR count). The van der Waals surface area contributed by atoms with Crippen molar-refractivity contribution in [2.24, 2.45) is 0 Å². The molecule has 0 bridgehead atoms. The van der Waals surface area contributed by atoms with E-state index in [1.165, 1.54) is 28.7 Å². The fourth-order valence-electron chi connectivity index (χ4n) is 3.38. The van der Waals surface area contributed by atoms with E-state index in [9.17, 15) is 9.59 Å². The predicted molar refractivity (Wildman–Crippen MR) is 98.2 cm³/mol. The standard InChI is InChI=1S/C21H23NO2/c1-16(23)15-17(24)9-3-2-8-14-22-20-12-6-4-10-18(20)19-11-5-7-13-21(19)22/h4-7,10-13H,2-3,8-9,14-15H2,1H3. The first-order valence-corrected chi connectivity index (χ1v) is 8.64. The van der Waals surface area contributed by atoms with Gasteiger partial charge in [-0.25, -0.2) is 0 Å². The Morgan fingerprint density at radius 2 is 1.42 bits per heavy atom. The van der Waals surface area contributed by atoms with Crippen LogP contribution in [0, 0.1) is 0 Å². The lowest BCUT2D eigenvalue weighted by molar-refractivity contribution is -0.125. The zero-order valence-electron chi connectivity index (χ0n) is 14.1. The molecular weight excluding hydrogens is 298 g/mol. The number of nitrogens with zero attached hydrogens (tertiary/aromatic N) is 1. The molecule has 1 aromatic heterocycles. The number of rotatable bonds is 8. The molecule has 1 heterocycles. The van der Waals surface area contributed by atoms with Crippen molar-refractivity contribution < 1.29 is 9.59 Å². The van der Waals surface area contributed by atoms with Crippen LogP contribution >= 0.6 is 0 Å². The van der Waals surface area contributed by atoms with E-state index in [2.05, 4.69) is 53.1 Å². The lowest BCUT2D eigenvalue weighted by Crippen LogP contribution is -2.04. The van der Waals surface area contributed by atoms with Gasteiger partial charge in [0.2, 0.25) is 0 Å². The first-order chi connectivity index (χ1) is 11.7. The molecule has 2 aromatic carbocycles. The van der Waals surface area contributed by atoms with E-state index in [-0.39, 0.29) is 18.0 Å². The molecule has 0 saturated carbocycles. The van der Waals surface area contributed by atoms with Crippen molar-refractivity contribution in [3.63, 3.8) is 0 Å². The molecular formula is C21H23NO2. The Bertz CT molecular complexity index is 823. The molecule has 0 spiro atoms. The van der Waals surface area contributed by atoms with Crippen LogP contribution in [-0.2, 0) is 16.1 Å². The number of carbonyl (C=O) groups excluding carboxylic acids is 2. The number of hydrogen-bond donors (Lipinski definition) is 0. The second kappa shape index (κ2) is 7.43. The number of carbonyl (C=O) groups is 2. The first-order valence-electron chi connectivity index (χ1n) is 8.64. The van der Waals surface area contributed by atoms with Crippen LogP contribution in [-0.4, -0.2) is 16.1 Å². The smallest absolute Gasteiger partial charge is 0.140 e. The molecule has 0 saturated heterocycles. The van der Waals surface area contributed by atoms with E-state index in [0.29, 0.717) is 6.42 Å². The van der Waals surface area contributed by atoms with Crippen molar-refractivity contribution in [2.45, 2.75) is 45.6 Å². The Labute approximate surface area is 142 Å². The van der Waals surface area contributed by atoms with E-state index >= 15 is 0 Å². The van der Waals surface area contributed by atoms with Crippen LogP contribution in [0.1, 0.15) is 39.0 Å². The van der Waals surface area contributed by atoms with Gasteiger partial charge in [-0.2, -0.15) is 0 Å². The van der Waals surface area contributed by atoms with Gasteiger partial charge in [-0.15, -0.1) is 0 Å². The number of aryl methyl sites for hydroxylation is 1. The monoisotopic (exact) mass is 321 g/mol. The zero-order valence-corrected chi connectivity index (χ0v) is 14.1. The average Bonchev–Trinajstić information content (AvgIpc) is 2.88. The van der Waals surface area contributed by atoms with Crippen molar-refractivity contribution >= 4 is 33.4 Å². The van der Waals surface area contributed by atoms with Crippen molar-refractivity contribution in [1.82, 2.24) is 4.57 Å². The van der Waals surface area contributed by atoms with Gasteiger partial charge in [0.25, 0.3) is 0 Å². The van der Waals surface area contributed by atoms with E-state index in [1.54, 1.807) is 0 Å². The lowest BCUT2D eigenvalue weighted by atomic mass is 10.1. The quantitative estimate of drug-likeness (QED) is 0.437. The van der Waals surface area contributed by atoms with Gasteiger partial charge in [0.15, 0.2) is 0 Å². The van der Waals surface area contributed by atoms with Gasteiger partial charge >= 0.3 is 0 Å². The van der Waals surface area contributed by atoms with Crippen molar-refractivity contribution in [2.75, 3.05) is 0 Å². The number of para-hydroxylation sites is 2. The van der Waals surface area contributed by atoms with Gasteiger partial charge in [-0.3, -0.25) is 9.59 Å². The Morgan fingerprint density at radius 1 is 0.833 bits per heavy atom. The second-order valence-electron chi connectivity index (χ2n) is 6.41. The molecule has 3 heteroatoms. The second-order valence-corrected chi connectivity index (χ2v) is 6.41. The molecule has 3 aromatic rings. The number of fused-ring (bicyclic) bond motifs is 3. The third-order valence-corrected chi connectivity index (χ3v) is 4.46. The molecule has 0 amide bonds. The van der Waals surface area contributed by atoms with Gasteiger partial charge in [-0.05, 0) is 31.9 Å². The fraction of sp³-hybridized carbons (Fsp3) is 0.333. The largest absolute Gasteiger partial charge is 0.340 e. The number of hydrogen-bond acceptors (Lipinski definition) is 2. The third kappa shape index (κ3) is 3.56. The highest BCUT2D eigenvalue weighted by atomic mass is 16.1. The number of aromatic nitrogens is 1. The van der Waals surface area contributed by atoms with E-state index in [1.807, 2.05) is 0 Å². The lowest BCUT2D eigenvalue weighted by Gasteiger charge is -2.07. The Kier molecular flexibility index (Phi) is 5.09.